The summed E-state index contributed by atoms with van der Waals surface area (Å²) in [7, 11) is 0. The van der Waals surface area contributed by atoms with E-state index in [2.05, 4.69) is 5.16 Å². The number of likely N-dealkylation sites (tertiary alicyclic amines) is 1. The third kappa shape index (κ3) is 4.96. The summed E-state index contributed by atoms with van der Waals surface area (Å²) in [5.41, 5.74) is 0.566. The normalized spacial score (nSPS) is 35.1. The number of furan rings is 1. The van der Waals surface area contributed by atoms with Gasteiger partial charge in [0.2, 0.25) is 11.8 Å². The number of hydrogen-bond donors (Lipinski definition) is 3. The lowest BCUT2D eigenvalue weighted by Crippen LogP contribution is -2.54. The molecule has 5 rings (SSSR count). The first kappa shape index (κ1) is 25.4. The number of hydrogen-bond acceptors (Lipinski definition) is 9. The van der Waals surface area contributed by atoms with Crippen molar-refractivity contribution in [3.63, 3.8) is 0 Å². The fraction of sp³-hybridized carbons (Fsp3) is 0.731. The van der Waals surface area contributed by atoms with Crippen molar-refractivity contribution in [3.05, 3.63) is 24.2 Å². The minimum atomic E-state index is -1.11. The van der Waals surface area contributed by atoms with Gasteiger partial charge in [0.25, 0.3) is 0 Å². The third-order valence-corrected chi connectivity index (χ3v) is 8.34. The molecule has 1 aromatic heterocycles. The molecule has 10 heteroatoms. The minimum absolute atomic E-state index is 0.0380. The number of imide groups is 1. The second kappa shape index (κ2) is 11.0. The van der Waals surface area contributed by atoms with Gasteiger partial charge in [-0.15, -0.1) is 0 Å². The zero-order valence-electron chi connectivity index (χ0n) is 20.4. The molecule has 10 nitrogen and oxygen atoms in total. The Balaban J connectivity index is 1.23. The van der Waals surface area contributed by atoms with Crippen molar-refractivity contribution in [1.29, 1.82) is 0 Å². The van der Waals surface area contributed by atoms with E-state index < -0.39 is 36.1 Å². The summed E-state index contributed by atoms with van der Waals surface area (Å²) in [6, 6.07) is 3.48. The number of rotatable bonds is 8. The van der Waals surface area contributed by atoms with E-state index >= 15 is 0 Å². The van der Waals surface area contributed by atoms with E-state index in [1.807, 2.05) is 0 Å². The van der Waals surface area contributed by atoms with Crippen LogP contribution in [0.25, 0.3) is 0 Å². The fourth-order valence-corrected chi connectivity index (χ4v) is 6.64. The predicted molar refractivity (Wildman–Crippen MR) is 126 cm³/mol. The van der Waals surface area contributed by atoms with Crippen molar-refractivity contribution < 1.29 is 38.9 Å². The van der Waals surface area contributed by atoms with Crippen molar-refractivity contribution in [2.75, 3.05) is 13.2 Å². The zero-order valence-corrected chi connectivity index (χ0v) is 20.4. The van der Waals surface area contributed by atoms with Crippen LogP contribution in [0.2, 0.25) is 0 Å². The Morgan fingerprint density at radius 1 is 1.06 bits per heavy atom. The lowest BCUT2D eigenvalue weighted by molar-refractivity contribution is -0.145. The molecule has 0 unspecified atom stereocenters. The molecule has 4 aliphatic rings. The highest BCUT2D eigenvalue weighted by Crippen LogP contribution is 2.50. The van der Waals surface area contributed by atoms with E-state index in [1.165, 1.54) is 4.90 Å². The van der Waals surface area contributed by atoms with E-state index in [4.69, 9.17) is 14.0 Å². The number of aliphatic hydroxyl groups excluding tert-OH is 3. The molecule has 7 atom stereocenters. The Morgan fingerprint density at radius 3 is 2.58 bits per heavy atom. The van der Waals surface area contributed by atoms with Crippen LogP contribution < -0.4 is 0 Å². The van der Waals surface area contributed by atoms with Crippen LogP contribution in [0.15, 0.2) is 28.0 Å². The number of amides is 2. The Kier molecular flexibility index (Phi) is 7.76. The van der Waals surface area contributed by atoms with E-state index in [9.17, 15) is 24.9 Å². The monoisotopic (exact) mass is 504 g/mol. The Bertz CT molecular complexity index is 944. The van der Waals surface area contributed by atoms with Crippen LogP contribution in [0.1, 0.15) is 57.1 Å². The Labute approximate surface area is 210 Å². The first-order valence-corrected chi connectivity index (χ1v) is 13.2. The van der Waals surface area contributed by atoms with Crippen molar-refractivity contribution in [2.24, 2.45) is 28.8 Å². The quantitative estimate of drug-likeness (QED) is 0.358. The van der Waals surface area contributed by atoms with Crippen LogP contribution in [0.4, 0.5) is 0 Å². The van der Waals surface area contributed by atoms with Gasteiger partial charge in [-0.1, -0.05) is 24.4 Å². The molecule has 0 radical (unpaired) electrons. The lowest BCUT2D eigenvalue weighted by Gasteiger charge is -2.45. The molecule has 3 N–H and O–H groups in total. The van der Waals surface area contributed by atoms with Crippen LogP contribution in [0.5, 0.6) is 0 Å². The van der Waals surface area contributed by atoms with E-state index in [-0.39, 0.29) is 50.0 Å². The summed E-state index contributed by atoms with van der Waals surface area (Å²) in [6.07, 6.45) is 4.52. The second-order valence-electron chi connectivity index (χ2n) is 10.6. The summed E-state index contributed by atoms with van der Waals surface area (Å²) >= 11 is 0. The second-order valence-corrected chi connectivity index (χ2v) is 10.6. The van der Waals surface area contributed by atoms with Gasteiger partial charge in [0.15, 0.2) is 0 Å². The lowest BCUT2D eigenvalue weighted by atomic mass is 9.60. The van der Waals surface area contributed by atoms with Crippen LogP contribution in [0, 0.1) is 23.7 Å². The summed E-state index contributed by atoms with van der Waals surface area (Å²) in [4.78, 5) is 33.7. The molecule has 0 spiro atoms. The zero-order chi connectivity index (χ0) is 25.2. The maximum absolute atomic E-state index is 13.5. The van der Waals surface area contributed by atoms with Gasteiger partial charge in [0.05, 0.1) is 42.6 Å². The van der Waals surface area contributed by atoms with Crippen molar-refractivity contribution >= 4 is 17.5 Å². The third-order valence-electron chi connectivity index (χ3n) is 8.34. The number of nitrogens with zero attached hydrogens (tertiary/aromatic N) is 2. The first-order valence-electron chi connectivity index (χ1n) is 13.2. The highest BCUT2D eigenvalue weighted by atomic mass is 16.6. The molecule has 4 fully saturated rings. The summed E-state index contributed by atoms with van der Waals surface area (Å²) in [5.74, 6) is -1.60. The number of fused-ring (bicyclic) bond motifs is 3. The maximum Gasteiger partial charge on any atom is 0.233 e. The topological polar surface area (TPSA) is 142 Å². The van der Waals surface area contributed by atoms with E-state index in [0.717, 1.165) is 32.1 Å². The fourth-order valence-electron chi connectivity index (χ4n) is 6.64. The summed E-state index contributed by atoms with van der Waals surface area (Å²) in [6.45, 7) is 0.173. The molecule has 1 aromatic rings. The van der Waals surface area contributed by atoms with Gasteiger partial charge >= 0.3 is 0 Å². The van der Waals surface area contributed by atoms with E-state index in [1.54, 1.807) is 18.4 Å². The number of aliphatic hydroxyl groups is 3. The van der Waals surface area contributed by atoms with Crippen LogP contribution in [0.3, 0.4) is 0 Å². The van der Waals surface area contributed by atoms with Gasteiger partial charge in [-0.05, 0) is 37.8 Å². The van der Waals surface area contributed by atoms with Gasteiger partial charge in [-0.2, -0.15) is 0 Å². The van der Waals surface area contributed by atoms with Crippen LogP contribution in [-0.2, 0) is 25.8 Å². The molecular formula is C26H36N2O8. The maximum atomic E-state index is 13.5. The molecule has 1 saturated heterocycles. The standard InChI is InChI=1S/C26H36N2O8/c29-16(12-34-14-17-7-4-10-35-17)13-36-27-20-11-21(30)24(31)22-18(20)8-9-19-23(22)26(33)28(25(19)32)15-5-2-1-3-6-15/h4,7,10,15-16,18-19,21-24,29-31H,1-3,5-6,8-9,11-14H2/t16-,18-,19+,21+,22-,23+,24+/m0/s1. The Hall–Kier alpha value is -2.27. The van der Waals surface area contributed by atoms with Crippen molar-refractivity contribution in [2.45, 2.75) is 82.3 Å². The summed E-state index contributed by atoms with van der Waals surface area (Å²) in [5, 5.41) is 35.9. The molecule has 198 valence electrons. The van der Waals surface area contributed by atoms with Gasteiger partial charge < -0.3 is 29.3 Å². The SMILES string of the molecule is O=C1[C@H]2[C@H]3[C@H](O)[C@H](O)CC(=NOC[C@@H](O)COCc4ccco4)[C@@H]3CC[C@H]2C(=O)N1C1CCCCC1. The molecule has 2 heterocycles. The number of ether oxygens (including phenoxy) is 1. The van der Waals surface area contributed by atoms with E-state index in [0.29, 0.717) is 24.3 Å². The number of oxime groups is 1. The van der Waals surface area contributed by atoms with Crippen molar-refractivity contribution in [3.8, 4) is 0 Å². The van der Waals surface area contributed by atoms with Crippen LogP contribution >= 0.6 is 0 Å². The number of carbonyl (C=O) groups is 2. The predicted octanol–water partition coefficient (Wildman–Crippen LogP) is 1.62. The average Bonchev–Trinajstić information content (AvgIpc) is 3.48. The van der Waals surface area contributed by atoms with Crippen molar-refractivity contribution in [1.82, 2.24) is 4.90 Å². The molecule has 2 amide bonds. The molecular weight excluding hydrogens is 468 g/mol. The Morgan fingerprint density at radius 2 is 1.83 bits per heavy atom. The van der Waals surface area contributed by atoms with Gasteiger partial charge in [0.1, 0.15) is 25.1 Å². The molecule has 0 bridgehead atoms. The highest BCUT2D eigenvalue weighted by molar-refractivity contribution is 6.06. The molecule has 0 aromatic carbocycles. The smallest absolute Gasteiger partial charge is 0.233 e. The molecule has 3 aliphatic carbocycles. The van der Waals surface area contributed by atoms with Crippen LogP contribution in [-0.4, -0.2) is 75.3 Å². The number of carbonyl (C=O) groups excluding carboxylic acids is 2. The summed E-state index contributed by atoms with van der Waals surface area (Å²) < 4.78 is 10.6. The minimum Gasteiger partial charge on any atom is -0.467 e. The molecule has 36 heavy (non-hydrogen) atoms. The first-order chi connectivity index (χ1) is 17.5. The average molecular weight is 505 g/mol. The van der Waals surface area contributed by atoms with Gasteiger partial charge in [0, 0.05) is 24.3 Å². The highest BCUT2D eigenvalue weighted by Gasteiger charge is 2.60. The van der Waals surface area contributed by atoms with Gasteiger partial charge in [-0.25, -0.2) is 0 Å². The van der Waals surface area contributed by atoms with Gasteiger partial charge in [-0.3, -0.25) is 14.5 Å². The molecule has 1 aliphatic heterocycles. The largest absolute Gasteiger partial charge is 0.467 e. The molecule has 3 saturated carbocycles.